The lowest BCUT2D eigenvalue weighted by Gasteiger charge is -2.17. The van der Waals surface area contributed by atoms with Gasteiger partial charge in [-0.25, -0.2) is 12.8 Å². The van der Waals surface area contributed by atoms with Crippen LogP contribution in [0.5, 0.6) is 5.75 Å². The van der Waals surface area contributed by atoms with Crippen molar-refractivity contribution in [2.24, 2.45) is 5.92 Å². The number of ether oxygens (including phenoxy) is 1. The molecule has 9 heteroatoms. The minimum atomic E-state index is -3.62. The van der Waals surface area contributed by atoms with E-state index in [0.29, 0.717) is 22.3 Å². The fourth-order valence-electron chi connectivity index (χ4n) is 4.41. The van der Waals surface area contributed by atoms with Crippen LogP contribution in [0, 0.1) is 11.7 Å². The number of benzene rings is 2. The van der Waals surface area contributed by atoms with Gasteiger partial charge in [-0.05, 0) is 62.9 Å². The fraction of sp³-hybridized carbons (Fsp3) is 0.400. The Kier molecular flexibility index (Phi) is 6.84. The van der Waals surface area contributed by atoms with Crippen LogP contribution in [0.25, 0.3) is 22.3 Å². The number of anilines is 1. The number of amides is 1. The van der Waals surface area contributed by atoms with Gasteiger partial charge in [0.05, 0.1) is 23.1 Å². The van der Waals surface area contributed by atoms with Gasteiger partial charge >= 0.3 is 0 Å². The van der Waals surface area contributed by atoms with Crippen molar-refractivity contribution in [2.75, 3.05) is 17.5 Å². The van der Waals surface area contributed by atoms with Gasteiger partial charge in [0.1, 0.15) is 22.9 Å². The molecular weight excluding hydrogens is 459 g/mol. The van der Waals surface area contributed by atoms with E-state index in [2.05, 4.69) is 10.0 Å². The largest absolute Gasteiger partial charge is 0.489 e. The monoisotopic (exact) mass is 488 g/mol. The summed E-state index contributed by atoms with van der Waals surface area (Å²) < 4.78 is 53.9. The molecule has 1 fully saturated rings. The minimum absolute atomic E-state index is 0.0502. The normalized spacial score (nSPS) is 14.6. The predicted molar refractivity (Wildman–Crippen MR) is 130 cm³/mol. The number of furan rings is 1. The predicted octanol–water partition coefficient (Wildman–Crippen LogP) is 5.32. The molecule has 0 unspecified atom stereocenters. The van der Waals surface area contributed by atoms with E-state index in [4.69, 9.17) is 9.15 Å². The molecule has 3 aromatic rings. The first-order chi connectivity index (χ1) is 16.2. The molecule has 2 N–H and O–H groups in total. The van der Waals surface area contributed by atoms with Crippen LogP contribution in [-0.4, -0.2) is 33.2 Å². The second-order valence-corrected chi connectivity index (χ2v) is 10.7. The Morgan fingerprint density at radius 3 is 2.47 bits per heavy atom. The Balaban J connectivity index is 1.83. The van der Waals surface area contributed by atoms with E-state index in [-0.39, 0.29) is 40.7 Å². The second kappa shape index (κ2) is 9.66. The van der Waals surface area contributed by atoms with Gasteiger partial charge in [-0.1, -0.05) is 12.8 Å². The number of halogens is 1. The molecule has 0 atom stereocenters. The van der Waals surface area contributed by atoms with Crippen LogP contribution in [0.2, 0.25) is 0 Å². The summed E-state index contributed by atoms with van der Waals surface area (Å²) in [4.78, 5) is 12.8. The quantitative estimate of drug-likeness (QED) is 0.447. The maximum absolute atomic E-state index is 13.5. The average Bonchev–Trinajstić information content (AvgIpc) is 3.40. The number of carbonyl (C=O) groups is 1. The van der Waals surface area contributed by atoms with E-state index in [1.165, 1.54) is 31.3 Å². The third-order valence-corrected chi connectivity index (χ3v) is 7.35. The number of hydrogen-bond donors (Lipinski definition) is 2. The topological polar surface area (TPSA) is 97.6 Å². The Bertz CT molecular complexity index is 1290. The summed E-state index contributed by atoms with van der Waals surface area (Å²) in [5.74, 6) is -0.0422. The molecule has 1 aromatic heterocycles. The van der Waals surface area contributed by atoms with Crippen molar-refractivity contribution in [2.45, 2.75) is 45.6 Å². The number of fused-ring (bicyclic) bond motifs is 1. The van der Waals surface area contributed by atoms with Crippen LogP contribution < -0.4 is 14.8 Å². The van der Waals surface area contributed by atoms with Crippen LogP contribution in [0.1, 0.15) is 49.9 Å². The standard InChI is InChI=1S/C25H29FN2O5S/c1-15(2)32-22-12-19-21(13-20(22)28-34(30,31)14-16-6-4-5-7-16)33-24(23(19)25(29)27-3)17-8-10-18(26)11-9-17/h8-13,15-16,28H,4-7,14H2,1-3H3,(H,27,29). The molecule has 1 aliphatic carbocycles. The van der Waals surface area contributed by atoms with Crippen LogP contribution in [0.3, 0.4) is 0 Å². The molecule has 0 aliphatic heterocycles. The zero-order chi connectivity index (χ0) is 24.5. The van der Waals surface area contributed by atoms with Crippen molar-refractivity contribution in [3.63, 3.8) is 0 Å². The Hall–Kier alpha value is -3.07. The van der Waals surface area contributed by atoms with Gasteiger partial charge in [0, 0.05) is 24.1 Å². The maximum Gasteiger partial charge on any atom is 0.255 e. The molecular formula is C25H29FN2O5S. The number of hydrogen-bond acceptors (Lipinski definition) is 5. The highest BCUT2D eigenvalue weighted by Gasteiger charge is 2.27. The second-order valence-electron chi connectivity index (χ2n) is 8.94. The first-order valence-electron chi connectivity index (χ1n) is 11.4. The van der Waals surface area contributed by atoms with Gasteiger partial charge in [-0.15, -0.1) is 0 Å². The Morgan fingerprint density at radius 1 is 1.18 bits per heavy atom. The van der Waals surface area contributed by atoms with E-state index < -0.39 is 15.8 Å². The summed E-state index contributed by atoms with van der Waals surface area (Å²) in [7, 11) is -2.11. The molecule has 0 spiro atoms. The number of rotatable bonds is 8. The summed E-state index contributed by atoms with van der Waals surface area (Å²) in [6.07, 6.45) is 3.68. The van der Waals surface area contributed by atoms with Crippen molar-refractivity contribution in [1.29, 1.82) is 0 Å². The highest BCUT2D eigenvalue weighted by Crippen LogP contribution is 2.40. The Labute approximate surface area is 198 Å². The molecule has 0 saturated heterocycles. The molecule has 182 valence electrons. The van der Waals surface area contributed by atoms with Crippen molar-refractivity contribution in [3.8, 4) is 17.1 Å². The third kappa shape index (κ3) is 5.19. The summed E-state index contributed by atoms with van der Waals surface area (Å²) in [6.45, 7) is 3.67. The zero-order valence-corrected chi connectivity index (χ0v) is 20.3. The molecule has 0 radical (unpaired) electrons. The van der Waals surface area contributed by atoms with Crippen molar-refractivity contribution in [3.05, 3.63) is 47.8 Å². The molecule has 34 heavy (non-hydrogen) atoms. The van der Waals surface area contributed by atoms with Gasteiger partial charge in [-0.2, -0.15) is 0 Å². The molecule has 2 aromatic carbocycles. The molecule has 0 bridgehead atoms. The lowest BCUT2D eigenvalue weighted by atomic mass is 10.0. The van der Waals surface area contributed by atoms with E-state index >= 15 is 0 Å². The summed E-state index contributed by atoms with van der Waals surface area (Å²) in [6, 6.07) is 8.77. The molecule has 1 amide bonds. The van der Waals surface area contributed by atoms with Crippen molar-refractivity contribution in [1.82, 2.24) is 5.32 Å². The average molecular weight is 489 g/mol. The maximum atomic E-state index is 13.5. The van der Waals surface area contributed by atoms with E-state index in [9.17, 15) is 17.6 Å². The first-order valence-corrected chi connectivity index (χ1v) is 13.1. The number of sulfonamides is 1. The Morgan fingerprint density at radius 2 is 1.85 bits per heavy atom. The van der Waals surface area contributed by atoms with Gasteiger partial charge < -0.3 is 14.5 Å². The van der Waals surface area contributed by atoms with Gasteiger partial charge in [0.15, 0.2) is 0 Å². The van der Waals surface area contributed by atoms with E-state index in [1.807, 2.05) is 13.8 Å². The van der Waals surface area contributed by atoms with Gasteiger partial charge in [-0.3, -0.25) is 9.52 Å². The zero-order valence-electron chi connectivity index (χ0n) is 19.5. The summed E-state index contributed by atoms with van der Waals surface area (Å²) in [5.41, 5.74) is 1.35. The third-order valence-electron chi connectivity index (χ3n) is 5.91. The van der Waals surface area contributed by atoms with Crippen molar-refractivity contribution < 1.29 is 26.8 Å². The molecule has 7 nitrogen and oxygen atoms in total. The lowest BCUT2D eigenvalue weighted by Crippen LogP contribution is -2.22. The van der Waals surface area contributed by atoms with E-state index in [1.54, 1.807) is 12.1 Å². The van der Waals surface area contributed by atoms with Gasteiger partial charge in [0.2, 0.25) is 10.0 Å². The lowest BCUT2D eigenvalue weighted by molar-refractivity contribution is 0.0964. The van der Waals surface area contributed by atoms with Crippen LogP contribution in [0.4, 0.5) is 10.1 Å². The molecule has 1 heterocycles. The van der Waals surface area contributed by atoms with E-state index in [0.717, 1.165) is 25.7 Å². The van der Waals surface area contributed by atoms with Crippen molar-refractivity contribution >= 4 is 32.6 Å². The molecule has 1 aliphatic rings. The summed E-state index contributed by atoms with van der Waals surface area (Å²) >= 11 is 0. The fourth-order valence-corrected chi connectivity index (χ4v) is 5.94. The molecule has 1 saturated carbocycles. The number of carbonyl (C=O) groups excluding carboxylic acids is 1. The van der Waals surface area contributed by atoms with Crippen LogP contribution >= 0.6 is 0 Å². The highest BCUT2D eigenvalue weighted by atomic mass is 32.2. The van der Waals surface area contributed by atoms with Crippen LogP contribution in [-0.2, 0) is 10.0 Å². The van der Waals surface area contributed by atoms with Crippen LogP contribution in [0.15, 0.2) is 40.8 Å². The minimum Gasteiger partial charge on any atom is -0.489 e. The summed E-state index contributed by atoms with van der Waals surface area (Å²) in [5, 5.41) is 3.07. The SMILES string of the molecule is CNC(=O)c1c(-c2ccc(F)cc2)oc2cc(NS(=O)(=O)CC3CCCC3)c(OC(C)C)cc12. The highest BCUT2D eigenvalue weighted by molar-refractivity contribution is 7.92. The smallest absolute Gasteiger partial charge is 0.255 e. The van der Waals surface area contributed by atoms with Gasteiger partial charge in [0.25, 0.3) is 5.91 Å². The molecule has 4 rings (SSSR count). The first kappa shape index (κ1) is 24.1. The number of nitrogens with one attached hydrogen (secondary N) is 2.